The number of fused-ring (bicyclic) bond motifs is 1. The first kappa shape index (κ1) is 12.4. The van der Waals surface area contributed by atoms with Gasteiger partial charge in [0.15, 0.2) is 5.78 Å². The number of hydrogen-bond acceptors (Lipinski definition) is 4. The summed E-state index contributed by atoms with van der Waals surface area (Å²) in [6, 6.07) is 3.87. The molecule has 3 nitrogen and oxygen atoms in total. The summed E-state index contributed by atoms with van der Waals surface area (Å²) in [6.07, 6.45) is 6.37. The summed E-state index contributed by atoms with van der Waals surface area (Å²) in [5.41, 5.74) is 1.85. The van der Waals surface area contributed by atoms with Crippen molar-refractivity contribution in [1.29, 1.82) is 0 Å². The highest BCUT2D eigenvalue weighted by Gasteiger charge is 2.28. The minimum Gasteiger partial charge on any atom is -0.495 e. The lowest BCUT2D eigenvalue weighted by Crippen LogP contribution is -2.17. The number of carbonyl (C=O) groups excluding carboxylic acids is 1. The highest BCUT2D eigenvalue weighted by atomic mass is 32.1. The molecule has 1 unspecified atom stereocenters. The second kappa shape index (κ2) is 5.13. The lowest BCUT2D eigenvalue weighted by molar-refractivity contribution is 0.0950. The molecule has 1 aliphatic rings. The monoisotopic (exact) mass is 273 g/mol. The van der Waals surface area contributed by atoms with E-state index in [2.05, 4.69) is 16.4 Å². The summed E-state index contributed by atoms with van der Waals surface area (Å²) in [4.78, 5) is 18.1. The summed E-state index contributed by atoms with van der Waals surface area (Å²) in [7, 11) is 1.59. The largest absolute Gasteiger partial charge is 0.495 e. The molecule has 0 N–H and O–H groups in total. The molecule has 2 heterocycles. The Kier molecular flexibility index (Phi) is 3.34. The summed E-state index contributed by atoms with van der Waals surface area (Å²) in [6.45, 7) is 0. The topological polar surface area (TPSA) is 39.2 Å². The molecular weight excluding hydrogens is 258 g/mol. The van der Waals surface area contributed by atoms with Crippen molar-refractivity contribution in [1.82, 2.24) is 4.98 Å². The van der Waals surface area contributed by atoms with Crippen molar-refractivity contribution in [2.24, 2.45) is 0 Å². The smallest absolute Gasteiger partial charge is 0.172 e. The van der Waals surface area contributed by atoms with Crippen LogP contribution in [0.5, 0.6) is 5.75 Å². The number of hydrogen-bond donors (Lipinski definition) is 0. The van der Waals surface area contributed by atoms with Crippen LogP contribution in [0.25, 0.3) is 0 Å². The first-order valence-electron chi connectivity index (χ1n) is 6.39. The van der Waals surface area contributed by atoms with Crippen molar-refractivity contribution in [2.45, 2.75) is 25.2 Å². The van der Waals surface area contributed by atoms with Crippen LogP contribution in [0, 0.1) is 0 Å². The zero-order valence-electron chi connectivity index (χ0n) is 10.8. The fourth-order valence-corrected chi connectivity index (χ4v) is 3.61. The van der Waals surface area contributed by atoms with Crippen molar-refractivity contribution in [3.05, 3.63) is 45.9 Å². The number of carbonyl (C=O) groups is 1. The van der Waals surface area contributed by atoms with Crippen molar-refractivity contribution in [3.63, 3.8) is 0 Å². The number of ether oxygens (including phenoxy) is 1. The fraction of sp³-hybridized carbons (Fsp3) is 0.333. The zero-order chi connectivity index (χ0) is 13.2. The Morgan fingerprint density at radius 3 is 3.21 bits per heavy atom. The van der Waals surface area contributed by atoms with Gasteiger partial charge in [-0.25, -0.2) is 0 Å². The van der Waals surface area contributed by atoms with Crippen LogP contribution in [0.1, 0.15) is 39.6 Å². The summed E-state index contributed by atoms with van der Waals surface area (Å²) >= 11 is 1.76. The number of thiophene rings is 1. The Morgan fingerprint density at radius 1 is 1.47 bits per heavy atom. The molecule has 0 radical (unpaired) electrons. The molecule has 4 heteroatoms. The minimum absolute atomic E-state index is 0.0103. The maximum atomic E-state index is 12.6. The molecule has 0 amide bonds. The summed E-state index contributed by atoms with van der Waals surface area (Å²) < 4.78 is 5.13. The number of rotatable bonds is 3. The Hall–Kier alpha value is -1.68. The van der Waals surface area contributed by atoms with Crippen LogP contribution in [0.3, 0.4) is 0 Å². The quantitative estimate of drug-likeness (QED) is 0.804. The first-order chi connectivity index (χ1) is 9.29. The first-order valence-corrected chi connectivity index (χ1v) is 7.27. The van der Waals surface area contributed by atoms with Crippen LogP contribution >= 0.6 is 11.3 Å². The predicted molar refractivity (Wildman–Crippen MR) is 75.1 cm³/mol. The van der Waals surface area contributed by atoms with Crippen LogP contribution in [0.15, 0.2) is 29.9 Å². The van der Waals surface area contributed by atoms with Gasteiger partial charge in [0, 0.05) is 22.6 Å². The third-order valence-corrected chi connectivity index (χ3v) is 4.60. The van der Waals surface area contributed by atoms with Gasteiger partial charge in [0.2, 0.25) is 0 Å². The van der Waals surface area contributed by atoms with Gasteiger partial charge in [-0.15, -0.1) is 11.3 Å². The average Bonchev–Trinajstić information content (AvgIpc) is 2.95. The van der Waals surface area contributed by atoms with Crippen LogP contribution in [0.4, 0.5) is 0 Å². The molecular formula is C15H15NO2S. The van der Waals surface area contributed by atoms with Gasteiger partial charge in [0.05, 0.1) is 13.3 Å². The number of pyridine rings is 1. The highest BCUT2D eigenvalue weighted by Crippen LogP contribution is 2.37. The van der Waals surface area contributed by atoms with Crippen LogP contribution in [0.2, 0.25) is 0 Å². The Labute approximate surface area is 116 Å². The van der Waals surface area contributed by atoms with Crippen molar-refractivity contribution in [3.8, 4) is 5.75 Å². The molecule has 2 aromatic rings. The Balaban J connectivity index is 1.93. The van der Waals surface area contributed by atoms with Crippen LogP contribution < -0.4 is 4.74 Å². The van der Waals surface area contributed by atoms with Gasteiger partial charge >= 0.3 is 0 Å². The summed E-state index contributed by atoms with van der Waals surface area (Å²) in [5, 5.41) is 2.08. The lowest BCUT2D eigenvalue weighted by atomic mass is 9.83. The van der Waals surface area contributed by atoms with Gasteiger partial charge in [0.1, 0.15) is 5.75 Å². The minimum atomic E-state index is -0.0103. The molecule has 0 bridgehead atoms. The molecule has 0 aromatic carbocycles. The van der Waals surface area contributed by atoms with E-state index in [1.807, 2.05) is 0 Å². The molecule has 98 valence electrons. The number of aromatic nitrogens is 1. The third-order valence-electron chi connectivity index (χ3n) is 3.60. The number of methoxy groups -OCH3 is 1. The maximum absolute atomic E-state index is 12.6. The highest BCUT2D eigenvalue weighted by molar-refractivity contribution is 7.10. The molecule has 0 aliphatic heterocycles. The van der Waals surface area contributed by atoms with Gasteiger partial charge in [-0.05, 0) is 42.3 Å². The van der Waals surface area contributed by atoms with E-state index in [1.54, 1.807) is 36.9 Å². The third kappa shape index (κ3) is 2.28. The van der Waals surface area contributed by atoms with Crippen LogP contribution in [-0.2, 0) is 6.42 Å². The summed E-state index contributed by atoms with van der Waals surface area (Å²) in [5.74, 6) is 0.779. The molecule has 0 saturated heterocycles. The van der Waals surface area contributed by atoms with Crippen molar-refractivity contribution < 1.29 is 9.53 Å². The number of ketones is 1. The fourth-order valence-electron chi connectivity index (χ4n) is 2.63. The van der Waals surface area contributed by atoms with E-state index >= 15 is 0 Å². The van der Waals surface area contributed by atoms with Gasteiger partial charge in [0.25, 0.3) is 0 Å². The normalized spacial score (nSPS) is 17.8. The molecule has 19 heavy (non-hydrogen) atoms. The number of Topliss-reactive ketones (excluding diaryl/α,β-unsaturated/α-hetero) is 1. The molecule has 0 spiro atoms. The van der Waals surface area contributed by atoms with Crippen molar-refractivity contribution >= 4 is 17.1 Å². The molecule has 0 saturated carbocycles. The van der Waals surface area contributed by atoms with E-state index in [0.29, 0.717) is 11.3 Å². The molecule has 0 fully saturated rings. The van der Waals surface area contributed by atoms with Gasteiger partial charge in [-0.2, -0.15) is 0 Å². The molecule has 1 aliphatic carbocycles. The molecule has 2 aromatic heterocycles. The van der Waals surface area contributed by atoms with E-state index in [-0.39, 0.29) is 11.7 Å². The van der Waals surface area contributed by atoms with Gasteiger partial charge in [-0.1, -0.05) is 0 Å². The van der Waals surface area contributed by atoms with Crippen molar-refractivity contribution in [2.75, 3.05) is 7.11 Å². The molecule has 3 rings (SSSR count). The SMILES string of the molecule is COc1cncc(C(=O)C2CCCc3sccc32)c1. The number of nitrogens with zero attached hydrogens (tertiary/aromatic N) is 1. The maximum Gasteiger partial charge on any atom is 0.172 e. The van der Waals surface area contributed by atoms with E-state index in [1.165, 1.54) is 10.4 Å². The average molecular weight is 273 g/mol. The predicted octanol–water partition coefficient (Wildman–Crippen LogP) is 3.45. The lowest BCUT2D eigenvalue weighted by Gasteiger charge is -2.21. The van der Waals surface area contributed by atoms with Gasteiger partial charge < -0.3 is 4.74 Å². The Morgan fingerprint density at radius 2 is 2.37 bits per heavy atom. The van der Waals surface area contributed by atoms with E-state index in [0.717, 1.165) is 19.3 Å². The van der Waals surface area contributed by atoms with E-state index < -0.39 is 0 Å². The standard InChI is InChI=1S/C15H15NO2S/c1-18-11-7-10(8-16-9-11)15(17)13-3-2-4-14-12(13)5-6-19-14/h5-9,13H,2-4H2,1H3. The molecule has 1 atom stereocenters. The number of aryl methyl sites for hydroxylation is 1. The second-order valence-corrected chi connectivity index (χ2v) is 5.72. The van der Waals surface area contributed by atoms with Gasteiger partial charge in [-0.3, -0.25) is 9.78 Å². The van der Waals surface area contributed by atoms with Crippen LogP contribution in [-0.4, -0.2) is 17.9 Å². The van der Waals surface area contributed by atoms with E-state index in [9.17, 15) is 4.79 Å². The zero-order valence-corrected chi connectivity index (χ0v) is 11.6. The Bertz CT molecular complexity index is 606. The second-order valence-electron chi connectivity index (χ2n) is 4.72. The van der Waals surface area contributed by atoms with E-state index in [4.69, 9.17) is 4.74 Å².